The highest BCUT2D eigenvalue weighted by Gasteiger charge is 2.15. The van der Waals surface area contributed by atoms with E-state index in [-0.39, 0.29) is 0 Å². The number of hydrogen-bond acceptors (Lipinski definition) is 0. The zero-order valence-electron chi connectivity index (χ0n) is 15.0. The summed E-state index contributed by atoms with van der Waals surface area (Å²) in [6.45, 7) is 4.33. The fourth-order valence-electron chi connectivity index (χ4n) is 4.02. The lowest BCUT2D eigenvalue weighted by atomic mass is 9.94. The summed E-state index contributed by atoms with van der Waals surface area (Å²) in [7, 11) is 0. The van der Waals surface area contributed by atoms with Crippen molar-refractivity contribution in [2.24, 2.45) is 0 Å². The van der Waals surface area contributed by atoms with Gasteiger partial charge in [0.2, 0.25) is 5.69 Å². The van der Waals surface area contributed by atoms with Crippen molar-refractivity contribution < 1.29 is 4.98 Å². The highest BCUT2D eigenvalue weighted by Crippen LogP contribution is 2.34. The van der Waals surface area contributed by atoms with Crippen molar-refractivity contribution in [3.63, 3.8) is 0 Å². The van der Waals surface area contributed by atoms with Crippen molar-refractivity contribution in [2.75, 3.05) is 0 Å². The van der Waals surface area contributed by atoms with Gasteiger partial charge in [0.05, 0.1) is 5.39 Å². The molecule has 0 saturated heterocycles. The molecule has 1 nitrogen and oxygen atoms in total. The standard InChI is InChI=1S/C25H19N/c1-16-7-8-17(2)24(15-16)25-23-12-11-20-19-6-4-3-5-18(19)9-10-21(20)22(23)13-14-26-25/h3-15H,1-2H3/p+1. The summed E-state index contributed by atoms with van der Waals surface area (Å²) in [6.07, 6.45) is 2.06. The molecule has 0 spiro atoms. The number of H-pyrrole nitrogens is 1. The van der Waals surface area contributed by atoms with Crippen LogP contribution >= 0.6 is 0 Å². The van der Waals surface area contributed by atoms with Gasteiger partial charge in [-0.05, 0) is 53.1 Å². The summed E-state index contributed by atoms with van der Waals surface area (Å²) < 4.78 is 0. The van der Waals surface area contributed by atoms with E-state index < -0.39 is 0 Å². The molecule has 0 radical (unpaired) electrons. The highest BCUT2D eigenvalue weighted by molar-refractivity contribution is 6.18. The first-order valence-electron chi connectivity index (χ1n) is 9.05. The summed E-state index contributed by atoms with van der Waals surface area (Å²) in [6, 6.07) is 26.5. The minimum absolute atomic E-state index is 1.19. The smallest absolute Gasteiger partial charge is 0.211 e. The maximum absolute atomic E-state index is 3.50. The Bertz CT molecular complexity index is 1300. The molecule has 26 heavy (non-hydrogen) atoms. The van der Waals surface area contributed by atoms with Gasteiger partial charge in [0.15, 0.2) is 6.20 Å². The molecule has 1 N–H and O–H groups in total. The van der Waals surface area contributed by atoms with Crippen LogP contribution in [0.3, 0.4) is 0 Å². The maximum Gasteiger partial charge on any atom is 0.218 e. The van der Waals surface area contributed by atoms with E-state index in [2.05, 4.69) is 97.8 Å². The van der Waals surface area contributed by atoms with Gasteiger partial charge < -0.3 is 0 Å². The van der Waals surface area contributed by atoms with Crippen LogP contribution in [0.1, 0.15) is 11.1 Å². The number of rotatable bonds is 1. The molecule has 0 saturated carbocycles. The van der Waals surface area contributed by atoms with E-state index in [1.165, 1.54) is 54.7 Å². The van der Waals surface area contributed by atoms with Crippen LogP contribution < -0.4 is 4.98 Å². The Morgan fingerprint density at radius 3 is 2.27 bits per heavy atom. The number of pyridine rings is 1. The van der Waals surface area contributed by atoms with Crippen molar-refractivity contribution >= 4 is 32.3 Å². The zero-order chi connectivity index (χ0) is 17.7. The number of hydrogen-bond donors (Lipinski definition) is 0. The second-order valence-corrected chi connectivity index (χ2v) is 7.08. The minimum atomic E-state index is 1.19. The number of benzene rings is 4. The van der Waals surface area contributed by atoms with Gasteiger partial charge in [-0.3, -0.25) is 0 Å². The van der Waals surface area contributed by atoms with Gasteiger partial charge >= 0.3 is 0 Å². The Kier molecular flexibility index (Phi) is 3.29. The lowest BCUT2D eigenvalue weighted by Crippen LogP contribution is -2.07. The van der Waals surface area contributed by atoms with Gasteiger partial charge in [0.25, 0.3) is 0 Å². The maximum atomic E-state index is 3.50. The van der Waals surface area contributed by atoms with Crippen LogP contribution in [0.2, 0.25) is 0 Å². The Morgan fingerprint density at radius 1 is 0.615 bits per heavy atom. The van der Waals surface area contributed by atoms with Gasteiger partial charge in [0.1, 0.15) is 0 Å². The van der Waals surface area contributed by atoms with Crippen LogP contribution in [0.4, 0.5) is 0 Å². The zero-order valence-corrected chi connectivity index (χ0v) is 15.0. The summed E-state index contributed by atoms with van der Waals surface area (Å²) in [5, 5.41) is 7.78. The fraction of sp³-hybridized carbons (Fsp3) is 0.0800. The van der Waals surface area contributed by atoms with Crippen molar-refractivity contribution in [3.05, 3.63) is 90.1 Å². The topological polar surface area (TPSA) is 14.1 Å². The first-order chi connectivity index (χ1) is 12.7. The second kappa shape index (κ2) is 5.67. The molecule has 0 aliphatic rings. The molecule has 0 aliphatic carbocycles. The predicted octanol–water partition coefficient (Wildman–Crippen LogP) is 6.24. The molecule has 5 rings (SSSR count). The van der Waals surface area contributed by atoms with Crippen molar-refractivity contribution in [3.8, 4) is 11.3 Å². The second-order valence-electron chi connectivity index (χ2n) is 7.08. The van der Waals surface area contributed by atoms with Crippen molar-refractivity contribution in [2.45, 2.75) is 13.8 Å². The van der Waals surface area contributed by atoms with E-state index in [0.717, 1.165) is 0 Å². The van der Waals surface area contributed by atoms with E-state index in [9.17, 15) is 0 Å². The quantitative estimate of drug-likeness (QED) is 0.322. The molecule has 1 heteroatoms. The fourth-order valence-corrected chi connectivity index (χ4v) is 4.02. The lowest BCUT2D eigenvalue weighted by Gasteiger charge is -2.09. The Balaban J connectivity index is 1.90. The molecule has 1 heterocycles. The Labute approximate surface area is 152 Å². The van der Waals surface area contributed by atoms with E-state index in [4.69, 9.17) is 0 Å². The monoisotopic (exact) mass is 334 g/mol. The number of fused-ring (bicyclic) bond motifs is 5. The molecular formula is C25H20N+. The van der Waals surface area contributed by atoms with Crippen LogP contribution in [0.25, 0.3) is 43.6 Å². The van der Waals surface area contributed by atoms with Crippen LogP contribution in [0.5, 0.6) is 0 Å². The van der Waals surface area contributed by atoms with Crippen molar-refractivity contribution in [1.82, 2.24) is 0 Å². The van der Waals surface area contributed by atoms with E-state index in [1.807, 2.05) is 0 Å². The molecular weight excluding hydrogens is 314 g/mol. The first kappa shape index (κ1) is 15.1. The van der Waals surface area contributed by atoms with Gasteiger partial charge in [0, 0.05) is 17.0 Å². The minimum Gasteiger partial charge on any atom is -0.211 e. The molecule has 0 fully saturated rings. The molecule has 0 unspecified atom stereocenters. The largest absolute Gasteiger partial charge is 0.218 e. The number of nitrogens with one attached hydrogen (secondary N) is 1. The molecule has 0 aliphatic heterocycles. The molecule has 0 atom stereocenters. The molecule has 124 valence electrons. The number of aromatic nitrogens is 1. The average molecular weight is 334 g/mol. The molecule has 1 aromatic heterocycles. The van der Waals surface area contributed by atoms with Gasteiger partial charge in [-0.1, -0.05) is 60.2 Å². The average Bonchev–Trinajstić information content (AvgIpc) is 2.69. The van der Waals surface area contributed by atoms with E-state index in [0.29, 0.717) is 0 Å². The van der Waals surface area contributed by atoms with Crippen molar-refractivity contribution in [1.29, 1.82) is 0 Å². The third kappa shape index (κ3) is 2.21. The first-order valence-corrected chi connectivity index (χ1v) is 9.05. The van der Waals surface area contributed by atoms with E-state index >= 15 is 0 Å². The molecule has 0 amide bonds. The van der Waals surface area contributed by atoms with Crippen LogP contribution in [-0.2, 0) is 0 Å². The van der Waals surface area contributed by atoms with E-state index in [1.54, 1.807) is 0 Å². The van der Waals surface area contributed by atoms with Crippen LogP contribution in [0, 0.1) is 13.8 Å². The summed E-state index contributed by atoms with van der Waals surface area (Å²) in [5.74, 6) is 0. The SMILES string of the molecule is Cc1ccc(C)c(-c2[nH+]ccc3c2ccc2c4ccccc4ccc32)c1. The third-order valence-electron chi connectivity index (χ3n) is 5.38. The lowest BCUT2D eigenvalue weighted by molar-refractivity contribution is -0.362. The van der Waals surface area contributed by atoms with Gasteiger partial charge in [-0.25, -0.2) is 4.98 Å². The highest BCUT2D eigenvalue weighted by atomic mass is 14.7. The Morgan fingerprint density at radius 2 is 1.35 bits per heavy atom. The summed E-state index contributed by atoms with van der Waals surface area (Å²) in [4.78, 5) is 3.50. The molecule has 0 bridgehead atoms. The van der Waals surface area contributed by atoms with Crippen LogP contribution in [-0.4, -0.2) is 0 Å². The summed E-state index contributed by atoms with van der Waals surface area (Å²) >= 11 is 0. The Hall–Kier alpha value is -3.19. The number of aryl methyl sites for hydroxylation is 2. The van der Waals surface area contributed by atoms with Crippen LogP contribution in [0.15, 0.2) is 79.0 Å². The molecule has 4 aromatic carbocycles. The molecule has 5 aromatic rings. The van der Waals surface area contributed by atoms with Gasteiger partial charge in [-0.2, -0.15) is 0 Å². The predicted molar refractivity (Wildman–Crippen MR) is 110 cm³/mol. The third-order valence-corrected chi connectivity index (χ3v) is 5.38. The van der Waals surface area contributed by atoms with Gasteiger partial charge in [-0.15, -0.1) is 0 Å². The summed E-state index contributed by atoms with van der Waals surface area (Å²) in [5.41, 5.74) is 5.04. The normalized spacial score (nSPS) is 11.5. The number of aromatic amines is 1.